The number of para-hydroxylation sites is 1. The van der Waals surface area contributed by atoms with Crippen LogP contribution in [0, 0.1) is 0 Å². The molecule has 11 aromatic rings. The maximum absolute atomic E-state index is 6.07. The van der Waals surface area contributed by atoms with Gasteiger partial charge in [0.05, 0.1) is 11.0 Å². The van der Waals surface area contributed by atoms with E-state index in [0.717, 1.165) is 39.1 Å². The summed E-state index contributed by atoms with van der Waals surface area (Å²) >= 11 is 0. The molecule has 0 aliphatic heterocycles. The molecule has 0 N–H and O–H groups in total. The fourth-order valence-electron chi connectivity index (χ4n) is 8.59. The van der Waals surface area contributed by atoms with Gasteiger partial charge in [-0.1, -0.05) is 164 Å². The number of nitrogens with zero attached hydrogens (tertiary/aromatic N) is 3. The van der Waals surface area contributed by atoms with Crippen LogP contribution >= 0.6 is 0 Å². The third kappa shape index (κ3) is 6.28. The molecular formula is C56H37N3O. The Balaban J connectivity index is 1.02. The molecule has 4 heteroatoms. The van der Waals surface area contributed by atoms with Crippen molar-refractivity contribution in [1.82, 2.24) is 14.8 Å². The predicted molar refractivity (Wildman–Crippen MR) is 247 cm³/mol. The molecule has 0 saturated heterocycles. The summed E-state index contributed by atoms with van der Waals surface area (Å²) in [5, 5.41) is 11.1. The lowest BCUT2D eigenvalue weighted by Gasteiger charge is -2.15. The third-order valence-corrected chi connectivity index (χ3v) is 11.4. The number of fused-ring (bicyclic) bond motifs is 3. The van der Waals surface area contributed by atoms with Crippen LogP contribution < -0.4 is 0 Å². The van der Waals surface area contributed by atoms with E-state index in [1.54, 1.807) is 0 Å². The van der Waals surface area contributed by atoms with Gasteiger partial charge in [-0.15, -0.1) is 10.2 Å². The van der Waals surface area contributed by atoms with Gasteiger partial charge in [-0.3, -0.25) is 0 Å². The molecule has 11 rings (SSSR count). The van der Waals surface area contributed by atoms with Crippen molar-refractivity contribution in [2.24, 2.45) is 0 Å². The lowest BCUT2D eigenvalue weighted by Crippen LogP contribution is -1.93. The van der Waals surface area contributed by atoms with E-state index in [2.05, 4.69) is 209 Å². The molecule has 0 unspecified atom stereocenters. The van der Waals surface area contributed by atoms with Crippen LogP contribution in [0.3, 0.4) is 0 Å². The topological polar surface area (TPSA) is 43.9 Å². The molecule has 4 nitrogen and oxygen atoms in total. The lowest BCUT2D eigenvalue weighted by molar-refractivity contribution is 0.584. The van der Waals surface area contributed by atoms with E-state index in [-0.39, 0.29) is 0 Å². The molecule has 0 amide bonds. The Morgan fingerprint density at radius 2 is 0.617 bits per heavy atom. The first-order chi connectivity index (χ1) is 29.8. The normalized spacial score (nSPS) is 11.3. The van der Waals surface area contributed by atoms with E-state index in [1.807, 2.05) is 30.3 Å². The summed E-state index contributed by atoms with van der Waals surface area (Å²) in [5.41, 5.74) is 17.0. The smallest absolute Gasteiger partial charge is 0.248 e. The van der Waals surface area contributed by atoms with Gasteiger partial charge in [0.25, 0.3) is 0 Å². The molecule has 282 valence electrons. The summed E-state index contributed by atoms with van der Waals surface area (Å²) in [5.74, 6) is 1.00. The Kier molecular flexibility index (Phi) is 8.79. The quantitative estimate of drug-likeness (QED) is 0.155. The number of hydrogen-bond donors (Lipinski definition) is 0. The summed E-state index contributed by atoms with van der Waals surface area (Å²) in [4.78, 5) is 0. The summed E-state index contributed by atoms with van der Waals surface area (Å²) in [6, 6.07) is 79.6. The molecule has 0 saturated carbocycles. The third-order valence-electron chi connectivity index (χ3n) is 11.4. The second-order valence-electron chi connectivity index (χ2n) is 15.0. The average molecular weight is 768 g/mol. The minimum atomic E-state index is 0.496. The van der Waals surface area contributed by atoms with Crippen LogP contribution in [0.2, 0.25) is 0 Å². The number of aromatic nitrogens is 3. The average Bonchev–Trinajstić information content (AvgIpc) is 3.96. The molecule has 0 spiro atoms. The van der Waals surface area contributed by atoms with Gasteiger partial charge in [0, 0.05) is 27.6 Å². The molecule has 0 atom stereocenters. The highest BCUT2D eigenvalue weighted by Gasteiger charge is 2.18. The van der Waals surface area contributed by atoms with Crippen molar-refractivity contribution in [3.63, 3.8) is 0 Å². The van der Waals surface area contributed by atoms with E-state index in [0.29, 0.717) is 11.8 Å². The van der Waals surface area contributed by atoms with Crippen LogP contribution in [0.15, 0.2) is 229 Å². The summed E-state index contributed by atoms with van der Waals surface area (Å²) < 4.78 is 8.46. The van der Waals surface area contributed by atoms with Gasteiger partial charge in [-0.05, 0) is 116 Å². The van der Waals surface area contributed by atoms with Crippen LogP contribution in [-0.4, -0.2) is 14.8 Å². The van der Waals surface area contributed by atoms with Crippen LogP contribution in [0.1, 0.15) is 0 Å². The standard InChI is InChI=1S/C56H37N3O/c1-4-16-38(17-5-1)45-22-10-11-24-47(45)42-32-34-53-51(36-42)52-37-43(33-35-54(52)59(53)44-20-8-3-9-21-44)48-25-13-15-27-50(48)49-26-14-12-23-46(49)39-28-30-41(31-29-39)56-58-57-55(60-56)40-18-6-2-7-19-40/h1-37H. The highest BCUT2D eigenvalue weighted by Crippen LogP contribution is 2.42. The van der Waals surface area contributed by atoms with Crippen LogP contribution in [0.25, 0.3) is 106 Å². The largest absolute Gasteiger partial charge is 0.416 e. The number of benzene rings is 9. The van der Waals surface area contributed by atoms with E-state index in [1.165, 1.54) is 55.2 Å². The second-order valence-corrected chi connectivity index (χ2v) is 15.0. The van der Waals surface area contributed by atoms with Gasteiger partial charge in [0.1, 0.15) is 0 Å². The maximum Gasteiger partial charge on any atom is 0.248 e. The predicted octanol–water partition coefficient (Wildman–Crippen LogP) is 14.8. The van der Waals surface area contributed by atoms with E-state index in [9.17, 15) is 0 Å². The van der Waals surface area contributed by atoms with Gasteiger partial charge in [-0.2, -0.15) is 0 Å². The first kappa shape index (κ1) is 35.1. The Bertz CT molecular complexity index is 3290. The Hall–Kier alpha value is -8.08. The SMILES string of the molecule is c1ccc(-c2nnc(-c3ccc(-c4ccccc4-c4ccccc4-c4ccc5c(c4)c4cc(-c6ccccc6-c6ccccc6)ccc4n5-c4ccccc4)cc3)o2)cc1. The fraction of sp³-hybridized carbons (Fsp3) is 0. The Labute approximate surface area is 348 Å². The molecule has 9 aromatic carbocycles. The minimum absolute atomic E-state index is 0.496. The molecule has 2 aromatic heterocycles. The van der Waals surface area contributed by atoms with Gasteiger partial charge in [0.2, 0.25) is 11.8 Å². The summed E-state index contributed by atoms with van der Waals surface area (Å²) in [7, 11) is 0. The second kappa shape index (κ2) is 15.0. The van der Waals surface area contributed by atoms with Gasteiger partial charge >= 0.3 is 0 Å². The molecule has 0 bridgehead atoms. The van der Waals surface area contributed by atoms with Crippen molar-refractivity contribution >= 4 is 21.8 Å². The monoisotopic (exact) mass is 767 g/mol. The number of rotatable bonds is 8. The van der Waals surface area contributed by atoms with Crippen molar-refractivity contribution < 1.29 is 4.42 Å². The molecule has 60 heavy (non-hydrogen) atoms. The van der Waals surface area contributed by atoms with Crippen molar-refractivity contribution in [2.75, 3.05) is 0 Å². The van der Waals surface area contributed by atoms with Gasteiger partial charge in [-0.25, -0.2) is 0 Å². The summed E-state index contributed by atoms with van der Waals surface area (Å²) in [6.07, 6.45) is 0. The van der Waals surface area contributed by atoms with E-state index in [4.69, 9.17) is 4.42 Å². The van der Waals surface area contributed by atoms with E-state index >= 15 is 0 Å². The zero-order chi connectivity index (χ0) is 39.8. The van der Waals surface area contributed by atoms with Crippen molar-refractivity contribution in [1.29, 1.82) is 0 Å². The number of hydrogen-bond acceptors (Lipinski definition) is 3. The molecule has 0 fully saturated rings. The highest BCUT2D eigenvalue weighted by atomic mass is 16.4. The summed E-state index contributed by atoms with van der Waals surface area (Å²) in [6.45, 7) is 0. The maximum atomic E-state index is 6.07. The first-order valence-electron chi connectivity index (χ1n) is 20.2. The first-order valence-corrected chi connectivity index (χ1v) is 20.2. The fourth-order valence-corrected chi connectivity index (χ4v) is 8.59. The van der Waals surface area contributed by atoms with Gasteiger partial charge < -0.3 is 8.98 Å². The van der Waals surface area contributed by atoms with Crippen molar-refractivity contribution in [3.05, 3.63) is 224 Å². The minimum Gasteiger partial charge on any atom is -0.416 e. The molecule has 0 aliphatic carbocycles. The van der Waals surface area contributed by atoms with Crippen LogP contribution in [-0.2, 0) is 0 Å². The molecule has 2 heterocycles. The highest BCUT2D eigenvalue weighted by molar-refractivity contribution is 6.12. The van der Waals surface area contributed by atoms with Crippen LogP contribution in [0.5, 0.6) is 0 Å². The molecule has 0 aliphatic rings. The van der Waals surface area contributed by atoms with Crippen molar-refractivity contribution in [3.8, 4) is 84.2 Å². The lowest BCUT2D eigenvalue weighted by atomic mass is 9.89. The van der Waals surface area contributed by atoms with Crippen LogP contribution in [0.4, 0.5) is 0 Å². The van der Waals surface area contributed by atoms with E-state index < -0.39 is 0 Å². The van der Waals surface area contributed by atoms with Crippen molar-refractivity contribution in [2.45, 2.75) is 0 Å². The zero-order valence-electron chi connectivity index (χ0n) is 32.6. The Morgan fingerprint density at radius 1 is 0.283 bits per heavy atom. The molecular weight excluding hydrogens is 731 g/mol. The molecule has 0 radical (unpaired) electrons. The Morgan fingerprint density at radius 3 is 1.13 bits per heavy atom. The van der Waals surface area contributed by atoms with Gasteiger partial charge in [0.15, 0.2) is 0 Å². The zero-order valence-corrected chi connectivity index (χ0v) is 32.6.